The quantitative estimate of drug-likeness (QED) is 0.921. The van der Waals surface area contributed by atoms with E-state index < -0.39 is 0 Å². The van der Waals surface area contributed by atoms with Crippen LogP contribution in [0.4, 0.5) is 0 Å². The maximum atomic E-state index is 6.76. The molecular formula is C18H28N2O. The van der Waals surface area contributed by atoms with Gasteiger partial charge in [0.1, 0.15) is 5.75 Å². The van der Waals surface area contributed by atoms with Crippen LogP contribution in [0.1, 0.15) is 55.3 Å². The van der Waals surface area contributed by atoms with Crippen LogP contribution in [-0.2, 0) is 6.42 Å². The van der Waals surface area contributed by atoms with Crippen molar-refractivity contribution >= 4 is 0 Å². The molecule has 2 aliphatic carbocycles. The second-order valence-corrected chi connectivity index (χ2v) is 7.28. The summed E-state index contributed by atoms with van der Waals surface area (Å²) in [4.78, 5) is 4.65. The van der Waals surface area contributed by atoms with E-state index in [1.165, 1.54) is 32.1 Å². The van der Waals surface area contributed by atoms with Crippen molar-refractivity contribution in [1.82, 2.24) is 4.98 Å². The number of pyridine rings is 1. The first-order valence-corrected chi connectivity index (χ1v) is 8.30. The van der Waals surface area contributed by atoms with Crippen molar-refractivity contribution in [3.8, 4) is 5.75 Å². The molecule has 3 rings (SSSR count). The van der Waals surface area contributed by atoms with Crippen LogP contribution in [0.25, 0.3) is 0 Å². The molecule has 0 saturated heterocycles. The Bertz CT molecular complexity index is 524. The molecule has 2 atom stereocenters. The summed E-state index contributed by atoms with van der Waals surface area (Å²) in [5.41, 5.74) is 10.1. The molecule has 2 N–H and O–H groups in total. The predicted octanol–water partition coefficient (Wildman–Crippen LogP) is 3.55. The van der Waals surface area contributed by atoms with E-state index in [0.717, 1.165) is 47.2 Å². The standard InChI is InChI=1S/C18H28N2O/c1-12-11-20-16(13(2)17(12)21-3)10-18(19)8-4-5-15(9-18)14-6-7-14/h11,14-15H,4-10,19H2,1-3H3. The van der Waals surface area contributed by atoms with E-state index in [-0.39, 0.29) is 5.54 Å². The number of hydrogen-bond acceptors (Lipinski definition) is 3. The van der Waals surface area contributed by atoms with Crippen molar-refractivity contribution in [1.29, 1.82) is 0 Å². The molecule has 3 nitrogen and oxygen atoms in total. The number of hydrogen-bond donors (Lipinski definition) is 1. The topological polar surface area (TPSA) is 48.1 Å². The second kappa shape index (κ2) is 5.60. The maximum Gasteiger partial charge on any atom is 0.128 e. The van der Waals surface area contributed by atoms with Gasteiger partial charge in [0.2, 0.25) is 0 Å². The van der Waals surface area contributed by atoms with Gasteiger partial charge in [-0.15, -0.1) is 0 Å². The minimum absolute atomic E-state index is 0.0659. The summed E-state index contributed by atoms with van der Waals surface area (Å²) in [7, 11) is 1.74. The summed E-state index contributed by atoms with van der Waals surface area (Å²) in [5.74, 6) is 2.80. The molecule has 0 aliphatic heterocycles. The Morgan fingerprint density at radius 1 is 1.29 bits per heavy atom. The van der Waals surface area contributed by atoms with Crippen molar-refractivity contribution in [2.24, 2.45) is 17.6 Å². The van der Waals surface area contributed by atoms with Gasteiger partial charge in [0, 0.05) is 35.0 Å². The minimum Gasteiger partial charge on any atom is -0.496 e. The van der Waals surface area contributed by atoms with E-state index >= 15 is 0 Å². The molecule has 2 aliphatic rings. The fourth-order valence-corrected chi connectivity index (χ4v) is 4.16. The summed E-state index contributed by atoms with van der Waals surface area (Å²) in [6.45, 7) is 4.16. The predicted molar refractivity (Wildman–Crippen MR) is 85.6 cm³/mol. The zero-order valence-electron chi connectivity index (χ0n) is 13.6. The number of aromatic nitrogens is 1. The Labute approximate surface area is 128 Å². The maximum absolute atomic E-state index is 6.76. The molecular weight excluding hydrogens is 260 g/mol. The Morgan fingerprint density at radius 2 is 2.05 bits per heavy atom. The molecule has 1 heterocycles. The van der Waals surface area contributed by atoms with Gasteiger partial charge in [-0.05, 0) is 51.4 Å². The fraction of sp³-hybridized carbons (Fsp3) is 0.722. The van der Waals surface area contributed by atoms with Gasteiger partial charge in [-0.1, -0.05) is 12.8 Å². The van der Waals surface area contributed by atoms with Crippen LogP contribution in [0.2, 0.25) is 0 Å². The molecule has 0 spiro atoms. The SMILES string of the molecule is COc1c(C)cnc(CC2(N)CCCC(C3CC3)C2)c1C. The zero-order chi connectivity index (χ0) is 15.0. The Hall–Kier alpha value is -1.09. The lowest BCUT2D eigenvalue weighted by Gasteiger charge is -2.38. The van der Waals surface area contributed by atoms with Crippen LogP contribution in [0, 0.1) is 25.7 Å². The molecule has 2 fully saturated rings. The third kappa shape index (κ3) is 3.08. The molecule has 0 aromatic carbocycles. The van der Waals surface area contributed by atoms with Crippen LogP contribution < -0.4 is 10.5 Å². The number of methoxy groups -OCH3 is 1. The highest BCUT2D eigenvalue weighted by Crippen LogP contribution is 2.46. The first-order chi connectivity index (χ1) is 10.0. The van der Waals surface area contributed by atoms with Crippen LogP contribution >= 0.6 is 0 Å². The molecule has 1 aromatic heterocycles. The second-order valence-electron chi connectivity index (χ2n) is 7.28. The van der Waals surface area contributed by atoms with Crippen LogP contribution in [-0.4, -0.2) is 17.6 Å². The van der Waals surface area contributed by atoms with Gasteiger partial charge in [0.05, 0.1) is 7.11 Å². The van der Waals surface area contributed by atoms with Crippen LogP contribution in [0.5, 0.6) is 5.75 Å². The normalized spacial score (nSPS) is 29.4. The summed E-state index contributed by atoms with van der Waals surface area (Å²) in [5, 5.41) is 0. The lowest BCUT2D eigenvalue weighted by molar-refractivity contribution is 0.203. The summed E-state index contributed by atoms with van der Waals surface area (Å²) in [6.07, 6.45) is 10.6. The fourth-order valence-electron chi connectivity index (χ4n) is 4.16. The van der Waals surface area contributed by atoms with E-state index in [0.29, 0.717) is 0 Å². The Balaban J connectivity index is 1.78. The molecule has 0 radical (unpaired) electrons. The van der Waals surface area contributed by atoms with Gasteiger partial charge in [0.15, 0.2) is 0 Å². The number of nitrogens with two attached hydrogens (primary N) is 1. The Morgan fingerprint density at radius 3 is 2.71 bits per heavy atom. The third-order valence-corrected chi connectivity index (χ3v) is 5.48. The molecule has 2 saturated carbocycles. The van der Waals surface area contributed by atoms with Gasteiger partial charge in [-0.2, -0.15) is 0 Å². The lowest BCUT2D eigenvalue weighted by atomic mass is 9.72. The molecule has 0 amide bonds. The average molecular weight is 288 g/mol. The molecule has 3 heteroatoms. The highest BCUT2D eigenvalue weighted by molar-refractivity contribution is 5.41. The molecule has 2 unspecified atom stereocenters. The van der Waals surface area contributed by atoms with Crippen molar-refractivity contribution in [2.45, 2.75) is 64.3 Å². The average Bonchev–Trinajstić information content (AvgIpc) is 3.27. The van der Waals surface area contributed by atoms with Gasteiger partial charge in [-0.3, -0.25) is 4.98 Å². The van der Waals surface area contributed by atoms with Crippen LogP contribution in [0.15, 0.2) is 6.20 Å². The van der Waals surface area contributed by atoms with E-state index in [1.54, 1.807) is 7.11 Å². The lowest BCUT2D eigenvalue weighted by Crippen LogP contribution is -2.47. The largest absolute Gasteiger partial charge is 0.496 e. The number of nitrogens with zero attached hydrogens (tertiary/aromatic N) is 1. The summed E-state index contributed by atoms with van der Waals surface area (Å²) in [6, 6.07) is 0. The molecule has 116 valence electrons. The van der Waals surface area contributed by atoms with Crippen molar-refractivity contribution < 1.29 is 4.74 Å². The van der Waals surface area contributed by atoms with Crippen molar-refractivity contribution in [2.75, 3.05) is 7.11 Å². The minimum atomic E-state index is -0.0659. The first kappa shape index (κ1) is 14.8. The van der Waals surface area contributed by atoms with Crippen molar-refractivity contribution in [3.05, 3.63) is 23.0 Å². The highest BCUT2D eigenvalue weighted by Gasteiger charge is 2.40. The van der Waals surface area contributed by atoms with E-state index in [2.05, 4.69) is 11.9 Å². The zero-order valence-corrected chi connectivity index (χ0v) is 13.6. The Kier molecular flexibility index (Phi) is 3.96. The summed E-state index contributed by atoms with van der Waals surface area (Å²) >= 11 is 0. The van der Waals surface area contributed by atoms with Gasteiger partial charge < -0.3 is 10.5 Å². The number of rotatable bonds is 4. The highest BCUT2D eigenvalue weighted by atomic mass is 16.5. The summed E-state index contributed by atoms with van der Waals surface area (Å²) < 4.78 is 5.53. The van der Waals surface area contributed by atoms with Crippen LogP contribution in [0.3, 0.4) is 0 Å². The number of aryl methyl sites for hydroxylation is 1. The van der Waals surface area contributed by atoms with Gasteiger partial charge in [-0.25, -0.2) is 0 Å². The van der Waals surface area contributed by atoms with Gasteiger partial charge in [0.25, 0.3) is 0 Å². The molecule has 0 bridgehead atoms. The third-order valence-electron chi connectivity index (χ3n) is 5.48. The molecule has 21 heavy (non-hydrogen) atoms. The molecule has 1 aromatic rings. The first-order valence-electron chi connectivity index (χ1n) is 8.30. The smallest absolute Gasteiger partial charge is 0.128 e. The van der Waals surface area contributed by atoms with Crippen molar-refractivity contribution in [3.63, 3.8) is 0 Å². The van der Waals surface area contributed by atoms with E-state index in [9.17, 15) is 0 Å². The number of ether oxygens (including phenoxy) is 1. The monoisotopic (exact) mass is 288 g/mol. The van der Waals surface area contributed by atoms with E-state index in [4.69, 9.17) is 10.5 Å². The van der Waals surface area contributed by atoms with E-state index in [1.807, 2.05) is 13.1 Å². The van der Waals surface area contributed by atoms with Gasteiger partial charge >= 0.3 is 0 Å².